The second-order valence-corrected chi connectivity index (χ2v) is 7.05. The number of alkyl halides is 3. The molecule has 0 spiro atoms. The number of aromatic nitrogens is 1. The van der Waals surface area contributed by atoms with E-state index in [1.807, 2.05) is 6.07 Å². The molecule has 2 aromatic rings. The van der Waals surface area contributed by atoms with E-state index in [0.717, 1.165) is 18.9 Å². The van der Waals surface area contributed by atoms with Gasteiger partial charge in [-0.3, -0.25) is 9.79 Å². The molecule has 1 aliphatic carbocycles. The number of rotatable bonds is 3. The van der Waals surface area contributed by atoms with Crippen molar-refractivity contribution in [2.45, 2.75) is 31.5 Å². The van der Waals surface area contributed by atoms with Crippen molar-refractivity contribution in [1.82, 2.24) is 4.98 Å². The van der Waals surface area contributed by atoms with Crippen LogP contribution in [0.2, 0.25) is 0 Å². The molecule has 1 saturated carbocycles. The van der Waals surface area contributed by atoms with Gasteiger partial charge in [0.1, 0.15) is 11.8 Å². The maximum atomic E-state index is 13.7. The Bertz CT molecular complexity index is 1070. The highest BCUT2D eigenvalue weighted by Gasteiger charge is 2.38. The lowest BCUT2D eigenvalue weighted by atomic mass is 10.1. The molecule has 1 fully saturated rings. The fourth-order valence-corrected chi connectivity index (χ4v) is 3.32. The van der Waals surface area contributed by atoms with E-state index >= 15 is 0 Å². The molecule has 4 rings (SSSR count). The minimum absolute atomic E-state index is 0.0137. The summed E-state index contributed by atoms with van der Waals surface area (Å²) in [7, 11) is 1.64. The molecule has 0 saturated heterocycles. The van der Waals surface area contributed by atoms with Crippen molar-refractivity contribution >= 4 is 28.7 Å². The van der Waals surface area contributed by atoms with Gasteiger partial charge < -0.3 is 10.2 Å². The summed E-state index contributed by atoms with van der Waals surface area (Å²) >= 11 is 0. The Morgan fingerprint density at radius 3 is 2.69 bits per heavy atom. The number of carbonyl (C=O) groups is 1. The van der Waals surface area contributed by atoms with Gasteiger partial charge in [-0.25, -0.2) is 4.98 Å². The highest BCUT2D eigenvalue weighted by molar-refractivity contribution is 6.17. The lowest BCUT2D eigenvalue weighted by Crippen LogP contribution is -2.23. The topological polar surface area (TPSA) is 81.4 Å². The van der Waals surface area contributed by atoms with Crippen LogP contribution in [0.15, 0.2) is 35.5 Å². The maximum absolute atomic E-state index is 13.7. The molecule has 6 nitrogen and oxygen atoms in total. The summed E-state index contributed by atoms with van der Waals surface area (Å²) in [6, 6.07) is 7.41. The fraction of sp³-hybridized carbons (Fsp3) is 0.300. The predicted octanol–water partition coefficient (Wildman–Crippen LogP) is 4.03. The third-order valence-electron chi connectivity index (χ3n) is 4.96. The zero-order chi connectivity index (χ0) is 20.8. The Balaban J connectivity index is 1.87. The number of aliphatic imine (C=N–C) groups is 1. The Labute approximate surface area is 164 Å². The first-order chi connectivity index (χ1) is 13.8. The number of hydrogen-bond donors (Lipinski definition) is 1. The van der Waals surface area contributed by atoms with Gasteiger partial charge in [0.15, 0.2) is 0 Å². The Morgan fingerprint density at radius 2 is 2.03 bits per heavy atom. The van der Waals surface area contributed by atoms with Crippen LogP contribution < -0.4 is 10.2 Å². The van der Waals surface area contributed by atoms with E-state index in [2.05, 4.69) is 15.3 Å². The standard InChI is InChI=1S/C20H16F3N5O/c1-28(13-2-3-13)18-8-17-16(7-14(18)20(21,22)23)27-19(29)9-15(26-17)11-4-5-25-12(6-11)10-24/h4-8,13H,2-3,9H2,1H3,(H,27,29). The molecule has 2 heterocycles. The third kappa shape index (κ3) is 3.78. The van der Waals surface area contributed by atoms with Crippen molar-refractivity contribution in [3.8, 4) is 6.07 Å². The lowest BCUT2D eigenvalue weighted by molar-refractivity contribution is -0.137. The highest BCUT2D eigenvalue weighted by Crippen LogP contribution is 2.45. The molecule has 1 aromatic heterocycles. The summed E-state index contributed by atoms with van der Waals surface area (Å²) in [6.45, 7) is 0. The van der Waals surface area contributed by atoms with Gasteiger partial charge in [0.25, 0.3) is 0 Å². The van der Waals surface area contributed by atoms with Crippen molar-refractivity contribution in [3.63, 3.8) is 0 Å². The molecule has 0 radical (unpaired) electrons. The highest BCUT2D eigenvalue weighted by atomic mass is 19.4. The van der Waals surface area contributed by atoms with Crippen LogP contribution in [0.4, 0.5) is 30.2 Å². The smallest absolute Gasteiger partial charge is 0.371 e. The first kappa shape index (κ1) is 18.9. The molecule has 1 N–H and O–H groups in total. The number of pyridine rings is 1. The Hall–Kier alpha value is -3.41. The number of benzene rings is 1. The number of nitriles is 1. The molecule has 1 aromatic carbocycles. The average Bonchev–Trinajstić information content (AvgIpc) is 3.52. The summed E-state index contributed by atoms with van der Waals surface area (Å²) in [5.41, 5.74) is 0.537. The summed E-state index contributed by atoms with van der Waals surface area (Å²) in [6.07, 6.45) is -1.59. The largest absolute Gasteiger partial charge is 0.418 e. The van der Waals surface area contributed by atoms with E-state index in [-0.39, 0.29) is 35.2 Å². The number of hydrogen-bond acceptors (Lipinski definition) is 5. The van der Waals surface area contributed by atoms with E-state index < -0.39 is 17.6 Å². The van der Waals surface area contributed by atoms with Gasteiger partial charge in [0, 0.05) is 24.8 Å². The van der Waals surface area contributed by atoms with Crippen LogP contribution in [-0.4, -0.2) is 29.7 Å². The van der Waals surface area contributed by atoms with Crippen molar-refractivity contribution in [2.24, 2.45) is 4.99 Å². The van der Waals surface area contributed by atoms with E-state index in [0.29, 0.717) is 11.3 Å². The van der Waals surface area contributed by atoms with Gasteiger partial charge >= 0.3 is 6.18 Å². The quantitative estimate of drug-likeness (QED) is 0.845. The van der Waals surface area contributed by atoms with Crippen LogP contribution >= 0.6 is 0 Å². The number of anilines is 2. The van der Waals surface area contributed by atoms with Gasteiger partial charge in [-0.05, 0) is 37.1 Å². The van der Waals surface area contributed by atoms with Gasteiger partial charge in [0.05, 0.1) is 34.8 Å². The van der Waals surface area contributed by atoms with Crippen molar-refractivity contribution in [3.05, 3.63) is 47.3 Å². The number of nitrogens with one attached hydrogen (secondary N) is 1. The van der Waals surface area contributed by atoms with E-state index in [9.17, 15) is 18.0 Å². The number of halogens is 3. The normalized spacial score (nSPS) is 16.2. The van der Waals surface area contributed by atoms with Gasteiger partial charge in [-0.1, -0.05) is 0 Å². The van der Waals surface area contributed by atoms with E-state index in [1.165, 1.54) is 18.3 Å². The molecular weight excluding hydrogens is 383 g/mol. The zero-order valence-corrected chi connectivity index (χ0v) is 15.4. The summed E-state index contributed by atoms with van der Waals surface area (Å²) in [4.78, 5) is 22.3. The van der Waals surface area contributed by atoms with Gasteiger partial charge in [0.2, 0.25) is 5.91 Å². The maximum Gasteiger partial charge on any atom is 0.418 e. The summed E-state index contributed by atoms with van der Waals surface area (Å²) in [5, 5.41) is 11.6. The van der Waals surface area contributed by atoms with Crippen molar-refractivity contribution < 1.29 is 18.0 Å². The molecule has 148 valence electrons. The summed E-state index contributed by atoms with van der Waals surface area (Å²) in [5.74, 6) is -0.478. The molecule has 0 bridgehead atoms. The van der Waals surface area contributed by atoms with E-state index in [4.69, 9.17) is 5.26 Å². The van der Waals surface area contributed by atoms with Crippen LogP contribution in [0.1, 0.15) is 36.1 Å². The van der Waals surface area contributed by atoms with Crippen molar-refractivity contribution in [2.75, 3.05) is 17.3 Å². The van der Waals surface area contributed by atoms with Crippen LogP contribution in [-0.2, 0) is 11.0 Å². The SMILES string of the molecule is CN(c1cc2c(cc1C(F)(F)F)NC(=O)CC(c1ccnc(C#N)c1)=N2)C1CC1. The van der Waals surface area contributed by atoms with E-state index in [1.54, 1.807) is 18.0 Å². The minimum atomic E-state index is -4.57. The first-order valence-corrected chi connectivity index (χ1v) is 8.98. The Kier molecular flexibility index (Phi) is 4.49. The zero-order valence-electron chi connectivity index (χ0n) is 15.4. The molecule has 1 aliphatic heterocycles. The molecular formula is C20H16F3N5O. The second-order valence-electron chi connectivity index (χ2n) is 7.05. The number of nitrogens with zero attached hydrogens (tertiary/aromatic N) is 4. The van der Waals surface area contributed by atoms with Crippen LogP contribution in [0.3, 0.4) is 0 Å². The average molecular weight is 399 g/mol. The molecule has 29 heavy (non-hydrogen) atoms. The first-order valence-electron chi connectivity index (χ1n) is 8.98. The molecule has 2 aliphatic rings. The Morgan fingerprint density at radius 1 is 1.28 bits per heavy atom. The fourth-order valence-electron chi connectivity index (χ4n) is 3.32. The number of amides is 1. The number of fused-ring (bicyclic) bond motifs is 1. The molecule has 0 unspecified atom stereocenters. The number of carbonyl (C=O) groups excluding carboxylic acids is 1. The molecule has 0 atom stereocenters. The second kappa shape index (κ2) is 6.88. The predicted molar refractivity (Wildman–Crippen MR) is 101 cm³/mol. The monoisotopic (exact) mass is 399 g/mol. The van der Waals surface area contributed by atoms with Crippen LogP contribution in [0, 0.1) is 11.3 Å². The van der Waals surface area contributed by atoms with Gasteiger partial charge in [-0.15, -0.1) is 0 Å². The van der Waals surface area contributed by atoms with Crippen LogP contribution in [0.5, 0.6) is 0 Å². The van der Waals surface area contributed by atoms with Crippen molar-refractivity contribution in [1.29, 1.82) is 5.26 Å². The lowest BCUT2D eigenvalue weighted by Gasteiger charge is -2.24. The third-order valence-corrected chi connectivity index (χ3v) is 4.96. The molecule has 9 heteroatoms. The summed E-state index contributed by atoms with van der Waals surface area (Å²) < 4.78 is 41.0. The minimum Gasteiger partial charge on any atom is -0.371 e. The van der Waals surface area contributed by atoms with Crippen LogP contribution in [0.25, 0.3) is 0 Å². The molecule has 1 amide bonds. The van der Waals surface area contributed by atoms with Gasteiger partial charge in [-0.2, -0.15) is 18.4 Å².